The van der Waals surface area contributed by atoms with Crippen molar-refractivity contribution in [3.05, 3.63) is 64.8 Å². The van der Waals surface area contributed by atoms with Crippen LogP contribution in [0.1, 0.15) is 20.9 Å². The van der Waals surface area contributed by atoms with E-state index in [1.165, 1.54) is 16.9 Å². The fraction of sp³-hybridized carbons (Fsp3) is 0.250. The summed E-state index contributed by atoms with van der Waals surface area (Å²) in [5.74, 6) is 1.15. The van der Waals surface area contributed by atoms with Crippen molar-refractivity contribution in [3.63, 3.8) is 0 Å². The summed E-state index contributed by atoms with van der Waals surface area (Å²) in [6.07, 6.45) is 2.64. The van der Waals surface area contributed by atoms with Crippen LogP contribution in [0, 0.1) is 12.8 Å². The minimum Gasteiger partial charge on any atom is -0.493 e. The third-order valence-corrected chi connectivity index (χ3v) is 5.57. The van der Waals surface area contributed by atoms with E-state index in [1.807, 2.05) is 43.3 Å². The molecule has 0 aliphatic carbocycles. The number of ether oxygens (including phenoxy) is 1. The maximum Gasteiger partial charge on any atom is 0.263 e. The van der Waals surface area contributed by atoms with Crippen LogP contribution in [-0.2, 0) is 6.42 Å². The number of aryl methyl sites for hydroxylation is 1. The van der Waals surface area contributed by atoms with Gasteiger partial charge in [-0.05, 0) is 37.1 Å². The summed E-state index contributed by atoms with van der Waals surface area (Å²) in [4.78, 5) is 22.0. The van der Waals surface area contributed by atoms with Gasteiger partial charge in [0, 0.05) is 18.7 Å². The zero-order valence-electron chi connectivity index (χ0n) is 14.4. The molecule has 5 nitrogen and oxygen atoms in total. The lowest BCUT2D eigenvalue weighted by Crippen LogP contribution is -2.34. The van der Waals surface area contributed by atoms with E-state index >= 15 is 0 Å². The molecule has 0 saturated heterocycles. The molecule has 1 unspecified atom stereocenters. The lowest BCUT2D eigenvalue weighted by atomic mass is 9.97. The molecule has 132 valence electrons. The first-order valence-electron chi connectivity index (χ1n) is 8.58. The molecule has 0 bridgehead atoms. The number of hydrogen-bond donors (Lipinski definition) is 1. The Bertz CT molecular complexity index is 924. The second kappa shape index (κ2) is 7.25. The summed E-state index contributed by atoms with van der Waals surface area (Å²) < 4.78 is 5.79. The summed E-state index contributed by atoms with van der Waals surface area (Å²) in [5.41, 5.74) is 2.72. The van der Waals surface area contributed by atoms with E-state index in [1.54, 1.807) is 6.20 Å². The van der Waals surface area contributed by atoms with Gasteiger partial charge in [-0.2, -0.15) is 0 Å². The fourth-order valence-corrected chi connectivity index (χ4v) is 4.00. The van der Waals surface area contributed by atoms with Crippen LogP contribution in [0.2, 0.25) is 0 Å². The smallest absolute Gasteiger partial charge is 0.263 e. The highest BCUT2D eigenvalue weighted by atomic mass is 32.1. The molecule has 1 N–H and O–H groups in total. The van der Waals surface area contributed by atoms with E-state index in [4.69, 9.17) is 4.74 Å². The van der Waals surface area contributed by atoms with Crippen molar-refractivity contribution < 1.29 is 9.53 Å². The van der Waals surface area contributed by atoms with Crippen LogP contribution in [0.25, 0.3) is 10.7 Å². The van der Waals surface area contributed by atoms with Gasteiger partial charge in [0.25, 0.3) is 5.91 Å². The molecule has 1 atom stereocenters. The number of nitrogens with one attached hydrogen (secondary N) is 1. The monoisotopic (exact) mass is 365 g/mol. The minimum atomic E-state index is -0.0824. The van der Waals surface area contributed by atoms with Gasteiger partial charge in [-0.1, -0.05) is 24.3 Å². The first-order chi connectivity index (χ1) is 12.7. The molecule has 1 aromatic carbocycles. The summed E-state index contributed by atoms with van der Waals surface area (Å²) in [6.45, 7) is 3.07. The standard InChI is InChI=1S/C20H19N3O2S/c1-13-18(26-20(23-13)16-7-4-5-9-21-16)19(24)22-11-14-10-15-6-2-3-8-17(15)25-12-14/h2-9,14H,10-12H2,1H3,(H,22,24). The number of amides is 1. The summed E-state index contributed by atoms with van der Waals surface area (Å²) in [7, 11) is 0. The van der Waals surface area contributed by atoms with E-state index in [9.17, 15) is 4.79 Å². The number of carbonyl (C=O) groups excluding carboxylic acids is 1. The van der Waals surface area contributed by atoms with Gasteiger partial charge in [-0.15, -0.1) is 11.3 Å². The van der Waals surface area contributed by atoms with Crippen molar-refractivity contribution >= 4 is 17.2 Å². The third kappa shape index (κ3) is 3.46. The Morgan fingerprint density at radius 2 is 2.12 bits per heavy atom. The predicted molar refractivity (Wildman–Crippen MR) is 102 cm³/mol. The minimum absolute atomic E-state index is 0.0824. The van der Waals surface area contributed by atoms with E-state index in [-0.39, 0.29) is 11.8 Å². The molecule has 0 spiro atoms. The van der Waals surface area contributed by atoms with Crippen molar-refractivity contribution in [3.8, 4) is 16.5 Å². The molecule has 1 aliphatic heterocycles. The average Bonchev–Trinajstić information content (AvgIpc) is 3.08. The molecule has 4 rings (SSSR count). The molecule has 0 saturated carbocycles. The van der Waals surface area contributed by atoms with E-state index < -0.39 is 0 Å². The van der Waals surface area contributed by atoms with E-state index in [0.29, 0.717) is 18.0 Å². The number of pyridine rings is 1. The Morgan fingerprint density at radius 3 is 2.96 bits per heavy atom. The van der Waals surface area contributed by atoms with Crippen molar-refractivity contribution in [2.45, 2.75) is 13.3 Å². The van der Waals surface area contributed by atoms with Crippen LogP contribution in [0.4, 0.5) is 0 Å². The Balaban J connectivity index is 1.41. The highest BCUT2D eigenvalue weighted by Gasteiger charge is 2.22. The van der Waals surface area contributed by atoms with Gasteiger partial charge in [-0.3, -0.25) is 9.78 Å². The highest BCUT2D eigenvalue weighted by molar-refractivity contribution is 7.17. The molecule has 0 fully saturated rings. The van der Waals surface area contributed by atoms with Crippen molar-refractivity contribution in [2.75, 3.05) is 13.2 Å². The lowest BCUT2D eigenvalue weighted by molar-refractivity contribution is 0.0942. The van der Waals surface area contributed by atoms with Crippen molar-refractivity contribution in [1.29, 1.82) is 0 Å². The van der Waals surface area contributed by atoms with E-state index in [0.717, 1.165) is 28.6 Å². The molecule has 3 aromatic rings. The molecule has 1 aliphatic rings. The number of fused-ring (bicyclic) bond motifs is 1. The number of benzene rings is 1. The summed E-state index contributed by atoms with van der Waals surface area (Å²) in [5, 5.41) is 3.80. The highest BCUT2D eigenvalue weighted by Crippen LogP contribution is 2.28. The first kappa shape index (κ1) is 16.7. The molecule has 2 aromatic heterocycles. The van der Waals surface area contributed by atoms with Gasteiger partial charge in [0.1, 0.15) is 15.6 Å². The van der Waals surface area contributed by atoms with Crippen LogP contribution in [0.5, 0.6) is 5.75 Å². The molecule has 26 heavy (non-hydrogen) atoms. The first-order valence-corrected chi connectivity index (χ1v) is 9.40. The topological polar surface area (TPSA) is 64.1 Å². The second-order valence-electron chi connectivity index (χ2n) is 6.35. The largest absolute Gasteiger partial charge is 0.493 e. The molecule has 0 radical (unpaired) electrons. The summed E-state index contributed by atoms with van der Waals surface area (Å²) >= 11 is 1.38. The van der Waals surface area contributed by atoms with Crippen LogP contribution < -0.4 is 10.1 Å². The number of para-hydroxylation sites is 1. The Hall–Kier alpha value is -2.73. The molecule has 1 amide bonds. The maximum absolute atomic E-state index is 12.6. The molecular weight excluding hydrogens is 346 g/mol. The quantitative estimate of drug-likeness (QED) is 0.769. The van der Waals surface area contributed by atoms with Gasteiger partial charge < -0.3 is 10.1 Å². The maximum atomic E-state index is 12.6. The SMILES string of the molecule is Cc1nc(-c2ccccn2)sc1C(=O)NCC1COc2ccccc2C1. The van der Waals surface area contributed by atoms with Crippen molar-refractivity contribution in [1.82, 2.24) is 15.3 Å². The average molecular weight is 365 g/mol. The van der Waals surface area contributed by atoms with Crippen molar-refractivity contribution in [2.24, 2.45) is 5.92 Å². The van der Waals surface area contributed by atoms with Crippen LogP contribution in [-0.4, -0.2) is 29.0 Å². The number of hydrogen-bond acceptors (Lipinski definition) is 5. The second-order valence-corrected chi connectivity index (χ2v) is 7.35. The van der Waals surface area contributed by atoms with Crippen LogP contribution in [0.15, 0.2) is 48.7 Å². The zero-order chi connectivity index (χ0) is 17.9. The number of carbonyl (C=O) groups is 1. The Labute approximate surface area is 156 Å². The van der Waals surface area contributed by atoms with Gasteiger partial charge in [0.05, 0.1) is 18.0 Å². The van der Waals surface area contributed by atoms with Gasteiger partial charge in [-0.25, -0.2) is 4.98 Å². The fourth-order valence-electron chi connectivity index (χ4n) is 3.05. The number of rotatable bonds is 4. The zero-order valence-corrected chi connectivity index (χ0v) is 15.3. The van der Waals surface area contributed by atoms with Crippen LogP contribution >= 0.6 is 11.3 Å². The molecule has 6 heteroatoms. The van der Waals surface area contributed by atoms with Gasteiger partial charge in [0.15, 0.2) is 0 Å². The van der Waals surface area contributed by atoms with Crippen LogP contribution in [0.3, 0.4) is 0 Å². The summed E-state index contributed by atoms with van der Waals surface area (Å²) in [6, 6.07) is 13.7. The van der Waals surface area contributed by atoms with Gasteiger partial charge in [0.2, 0.25) is 0 Å². The predicted octanol–water partition coefficient (Wildman–Crippen LogP) is 3.49. The Morgan fingerprint density at radius 1 is 1.27 bits per heavy atom. The van der Waals surface area contributed by atoms with Gasteiger partial charge >= 0.3 is 0 Å². The molecular formula is C20H19N3O2S. The number of aromatic nitrogens is 2. The lowest BCUT2D eigenvalue weighted by Gasteiger charge is -2.25. The number of nitrogens with zero attached hydrogens (tertiary/aromatic N) is 2. The van der Waals surface area contributed by atoms with E-state index in [2.05, 4.69) is 21.4 Å². The Kier molecular flexibility index (Phi) is 4.67. The number of thiazole rings is 1. The molecule has 3 heterocycles. The normalized spacial score (nSPS) is 15.8. The third-order valence-electron chi connectivity index (χ3n) is 4.39.